The van der Waals surface area contributed by atoms with Gasteiger partial charge in [0.15, 0.2) is 0 Å². The summed E-state index contributed by atoms with van der Waals surface area (Å²) in [6, 6.07) is 0. The Bertz CT molecular complexity index is 29.7. The van der Waals surface area contributed by atoms with Crippen molar-refractivity contribution >= 4 is 6.29 Å². The van der Waals surface area contributed by atoms with Crippen LogP contribution in [-0.2, 0) is 37.5 Å². The summed E-state index contributed by atoms with van der Waals surface area (Å²) in [5, 5.41) is 0. The van der Waals surface area contributed by atoms with Crippen molar-refractivity contribution in [3.63, 3.8) is 0 Å². The van der Waals surface area contributed by atoms with Crippen molar-refractivity contribution in [2.45, 2.75) is 33.6 Å². The monoisotopic (exact) mass is 191 g/mol. The molecule has 0 bridgehead atoms. The van der Waals surface area contributed by atoms with Crippen LogP contribution in [0.4, 0.5) is 0 Å². The molecule has 0 saturated carbocycles. The van der Waals surface area contributed by atoms with Gasteiger partial charge >= 0.3 is 0 Å². The summed E-state index contributed by atoms with van der Waals surface area (Å²) in [6.45, 7) is 6.06. The van der Waals surface area contributed by atoms with E-state index in [2.05, 4.69) is 13.8 Å². The Morgan fingerprint density at radius 3 is 1.38 bits per heavy atom. The van der Waals surface area contributed by atoms with Gasteiger partial charge in [0, 0.05) is 39.1 Å². The van der Waals surface area contributed by atoms with E-state index in [1.165, 1.54) is 6.42 Å². The predicted molar refractivity (Wildman–Crippen MR) is 32.3 cm³/mol. The van der Waals surface area contributed by atoms with E-state index in [0.29, 0.717) is 6.42 Å². The predicted octanol–water partition coefficient (Wildman–Crippen LogP) is 2.01. The van der Waals surface area contributed by atoms with E-state index in [4.69, 9.17) is 0 Å². The first-order valence-electron chi connectivity index (χ1n) is 2.77. The molecule has 0 aliphatic heterocycles. The molecule has 0 fully saturated rings. The minimum atomic E-state index is 0. The molecule has 0 spiro atoms. The van der Waals surface area contributed by atoms with Crippen molar-refractivity contribution in [3.8, 4) is 0 Å². The van der Waals surface area contributed by atoms with Crippen molar-refractivity contribution in [2.75, 3.05) is 0 Å². The van der Waals surface area contributed by atoms with Crippen LogP contribution in [0.5, 0.6) is 0 Å². The second-order valence-electron chi connectivity index (χ2n) is 1.28. The molecular weight excluding hydrogens is 177 g/mol. The summed E-state index contributed by atoms with van der Waals surface area (Å²) >= 11 is 0. The molecule has 0 rings (SSSR count). The molecule has 0 saturated heterocycles. The Morgan fingerprint density at radius 2 is 1.38 bits per heavy atom. The number of rotatable bonds is 1. The van der Waals surface area contributed by atoms with Gasteiger partial charge in [0.05, 0.1) is 0 Å². The smallest absolute Gasteiger partial charge is 0.119 e. The third kappa shape index (κ3) is 71.8. The average Bonchev–Trinajstić information content (AvgIpc) is 1.69. The van der Waals surface area contributed by atoms with Crippen LogP contribution in [0.2, 0.25) is 0 Å². The van der Waals surface area contributed by atoms with E-state index in [1.807, 2.05) is 6.92 Å². The minimum absolute atomic E-state index is 0. The van der Waals surface area contributed by atoms with Gasteiger partial charge in [-0.15, -0.1) is 0 Å². The first-order valence-corrected chi connectivity index (χ1v) is 2.77. The summed E-state index contributed by atoms with van der Waals surface area (Å²) < 4.78 is 0. The zero-order valence-electron chi connectivity index (χ0n) is 5.98. The largest absolute Gasteiger partial charge is 0.303 e. The molecule has 0 unspecified atom stereocenters. The van der Waals surface area contributed by atoms with Gasteiger partial charge in [-0.05, 0) is 0 Å². The Labute approximate surface area is 77.1 Å². The summed E-state index contributed by atoms with van der Waals surface area (Å²) in [5.74, 6) is 0. The number of aldehydes is 1. The molecule has 0 heterocycles. The molecule has 0 aromatic heterocycles. The molecule has 1 radical (unpaired) electrons. The van der Waals surface area contributed by atoms with Crippen molar-refractivity contribution in [1.82, 2.24) is 0 Å². The topological polar surface area (TPSA) is 17.1 Å². The molecule has 0 aromatic rings. The van der Waals surface area contributed by atoms with Gasteiger partial charge in [-0.3, -0.25) is 0 Å². The second-order valence-corrected chi connectivity index (χ2v) is 1.28. The van der Waals surface area contributed by atoms with Crippen LogP contribution in [0.1, 0.15) is 33.6 Å². The third-order valence-electron chi connectivity index (χ3n) is 0.167. The van der Waals surface area contributed by atoms with Gasteiger partial charge < -0.3 is 4.79 Å². The zero-order valence-corrected chi connectivity index (χ0v) is 8.82. The molecule has 2 heteroatoms. The second kappa shape index (κ2) is 25.0. The Hall–Kier alpha value is 0.774. The van der Waals surface area contributed by atoms with E-state index in [1.54, 1.807) is 0 Å². The quantitative estimate of drug-likeness (QED) is 0.579. The third-order valence-corrected chi connectivity index (χ3v) is 0.167. The summed E-state index contributed by atoms with van der Waals surface area (Å²) in [4.78, 5) is 9.17. The molecule has 0 aromatic carbocycles. The van der Waals surface area contributed by atoms with Crippen LogP contribution < -0.4 is 0 Å². The van der Waals surface area contributed by atoms with Crippen molar-refractivity contribution in [1.29, 1.82) is 0 Å². The Kier molecular flexibility index (Phi) is 49.8. The summed E-state index contributed by atoms with van der Waals surface area (Å²) in [6.07, 6.45) is 2.76. The van der Waals surface area contributed by atoms with E-state index < -0.39 is 0 Å². The number of hydrogen-bond donors (Lipinski definition) is 0. The molecule has 47 valence electrons. The zero-order chi connectivity index (χ0) is 6.12. The maximum absolute atomic E-state index is 9.17. The Balaban J connectivity index is -0.0000000575. The number of carbonyl (C=O) groups excluding carboxylic acids is 1. The van der Waals surface area contributed by atoms with Gasteiger partial charge in [0.1, 0.15) is 6.29 Å². The van der Waals surface area contributed by atoms with Crippen LogP contribution in [-0.4, -0.2) is 6.29 Å². The first-order chi connectivity index (χ1) is 3.33. The summed E-state index contributed by atoms with van der Waals surface area (Å²) in [7, 11) is 0. The van der Waals surface area contributed by atoms with Crippen LogP contribution in [0, 0.1) is 0 Å². The summed E-state index contributed by atoms with van der Waals surface area (Å²) in [5.41, 5.74) is 0. The van der Waals surface area contributed by atoms with Crippen LogP contribution in [0.15, 0.2) is 0 Å². The van der Waals surface area contributed by atoms with Gasteiger partial charge in [-0.2, -0.15) is 0 Å². The fraction of sp³-hybridized carbons (Fsp3) is 0.833. The van der Waals surface area contributed by atoms with Crippen molar-refractivity contribution < 1.29 is 37.5 Å². The van der Waals surface area contributed by atoms with Gasteiger partial charge in [0.25, 0.3) is 0 Å². The molecule has 0 atom stereocenters. The van der Waals surface area contributed by atoms with Crippen molar-refractivity contribution in [3.05, 3.63) is 0 Å². The molecule has 0 aliphatic rings. The van der Waals surface area contributed by atoms with Crippen LogP contribution >= 0.6 is 0 Å². The SMILES string of the molecule is CCC.CCC=O.[Y]. The molecule has 0 N–H and O–H groups in total. The molecule has 8 heavy (non-hydrogen) atoms. The minimum Gasteiger partial charge on any atom is -0.303 e. The Morgan fingerprint density at radius 1 is 1.25 bits per heavy atom. The van der Waals surface area contributed by atoms with Crippen LogP contribution in [0.25, 0.3) is 0 Å². The normalized spacial score (nSPS) is 5.38. The standard InChI is InChI=1S/C3H6O.C3H8.Y/c1-2-3-4;1-3-2;/h3H,2H2,1H3;3H2,1-2H3;. The molecule has 1 nitrogen and oxygen atoms in total. The van der Waals surface area contributed by atoms with E-state index in [9.17, 15) is 4.79 Å². The molecule has 0 amide bonds. The number of carbonyl (C=O) groups is 1. The fourth-order valence-corrected chi connectivity index (χ4v) is 0. The van der Waals surface area contributed by atoms with Gasteiger partial charge in [-0.1, -0.05) is 27.2 Å². The van der Waals surface area contributed by atoms with Gasteiger partial charge in [-0.25, -0.2) is 0 Å². The average molecular weight is 191 g/mol. The van der Waals surface area contributed by atoms with Gasteiger partial charge in [0.2, 0.25) is 0 Å². The van der Waals surface area contributed by atoms with Crippen LogP contribution in [0.3, 0.4) is 0 Å². The van der Waals surface area contributed by atoms with E-state index >= 15 is 0 Å². The maximum atomic E-state index is 9.17. The molecular formula is C6H14OY. The first kappa shape index (κ1) is 15.9. The van der Waals surface area contributed by atoms with E-state index in [-0.39, 0.29) is 32.7 Å². The fourth-order valence-electron chi connectivity index (χ4n) is 0. The van der Waals surface area contributed by atoms with E-state index in [0.717, 1.165) is 6.29 Å². The molecule has 0 aliphatic carbocycles. The number of hydrogen-bond acceptors (Lipinski definition) is 1. The van der Waals surface area contributed by atoms with Crippen molar-refractivity contribution in [2.24, 2.45) is 0 Å². The maximum Gasteiger partial charge on any atom is 0.119 e.